The number of halogens is 1. The van der Waals surface area contributed by atoms with Gasteiger partial charge in [0, 0.05) is 47.4 Å². The van der Waals surface area contributed by atoms with E-state index in [0.717, 1.165) is 4.90 Å². The number of likely N-dealkylation sites (tertiary alicyclic amines) is 1. The lowest BCUT2D eigenvalue weighted by Crippen LogP contribution is -2.40. The van der Waals surface area contributed by atoms with Gasteiger partial charge >= 0.3 is 5.97 Å². The lowest BCUT2D eigenvalue weighted by molar-refractivity contribution is -0.142. The Labute approximate surface area is 225 Å². The molecular formula is C27H24BrNO9. The number of carboxylic acids is 1. The number of imide groups is 1. The van der Waals surface area contributed by atoms with E-state index < -0.39 is 53.0 Å². The number of carbonyl (C=O) groups is 5. The molecule has 1 aromatic rings. The lowest BCUT2D eigenvalue weighted by atomic mass is 9.59. The van der Waals surface area contributed by atoms with E-state index in [-0.39, 0.29) is 58.5 Å². The first-order chi connectivity index (χ1) is 18.1. The standard InChI is InChI=1S/C27H24BrNO9/c1-37-11-7-17(30)24(19(8-11)38-2)23-12-3-4-13-21(27(36)29(26(13)35)6-5-20(32)33)14(12)9-15-22(23)18(31)10-16(28)25(15)34/h3,7-8,10,13-14,21,23,30H,4-6,9H2,1-2H3,(H,32,33)/t13-,14+,21-,23-/m0/s1. The number of methoxy groups -OCH3 is 2. The van der Waals surface area contributed by atoms with Crippen LogP contribution >= 0.6 is 15.9 Å². The summed E-state index contributed by atoms with van der Waals surface area (Å²) in [5.74, 6) is -5.59. The molecule has 198 valence electrons. The van der Waals surface area contributed by atoms with E-state index in [0.29, 0.717) is 11.3 Å². The molecule has 1 aromatic carbocycles. The smallest absolute Gasteiger partial charge is 0.305 e. The summed E-state index contributed by atoms with van der Waals surface area (Å²) in [6.07, 6.45) is 2.88. The molecule has 0 unspecified atom stereocenters. The minimum atomic E-state index is -1.13. The first kappa shape index (κ1) is 25.9. The number of Topliss-reactive ketones (excluding diaryl/α,β-unsaturated/α-hetero) is 1. The zero-order valence-electron chi connectivity index (χ0n) is 20.5. The Balaban J connectivity index is 1.68. The van der Waals surface area contributed by atoms with Gasteiger partial charge in [-0.3, -0.25) is 28.9 Å². The first-order valence-corrected chi connectivity index (χ1v) is 12.8. The zero-order valence-corrected chi connectivity index (χ0v) is 22.1. The third-order valence-corrected chi connectivity index (χ3v) is 8.40. The summed E-state index contributed by atoms with van der Waals surface area (Å²) < 4.78 is 10.9. The number of allylic oxidation sites excluding steroid dienone is 6. The van der Waals surface area contributed by atoms with Crippen molar-refractivity contribution in [3.05, 3.63) is 51.0 Å². The minimum absolute atomic E-state index is 0.0529. The van der Waals surface area contributed by atoms with Crippen LogP contribution in [0.15, 0.2) is 45.5 Å². The quantitative estimate of drug-likeness (QED) is 0.292. The fourth-order valence-electron chi connectivity index (χ4n) is 6.20. The number of fused-ring (bicyclic) bond motifs is 3. The average Bonchev–Trinajstić information content (AvgIpc) is 3.13. The SMILES string of the molecule is COc1cc(O)c([C@H]2C3=CC[C@@H]4C(=O)N(CCC(=O)O)C(=O)[C@@H]4[C@@H]3CC3=C2C(=O)C=C(Br)C3=O)c(OC)c1. The van der Waals surface area contributed by atoms with Gasteiger partial charge < -0.3 is 19.7 Å². The van der Waals surface area contributed by atoms with Gasteiger partial charge in [-0.05, 0) is 34.7 Å². The van der Waals surface area contributed by atoms with E-state index in [1.54, 1.807) is 12.1 Å². The van der Waals surface area contributed by atoms with Gasteiger partial charge in [0.2, 0.25) is 11.8 Å². The summed E-state index contributed by atoms with van der Waals surface area (Å²) in [6.45, 7) is -0.238. The molecule has 1 fully saturated rings. The van der Waals surface area contributed by atoms with Gasteiger partial charge in [-0.2, -0.15) is 0 Å². The van der Waals surface area contributed by atoms with Gasteiger partial charge in [0.15, 0.2) is 11.6 Å². The molecule has 0 aromatic heterocycles. The highest BCUT2D eigenvalue weighted by atomic mass is 79.9. The summed E-state index contributed by atoms with van der Waals surface area (Å²) >= 11 is 3.17. The van der Waals surface area contributed by atoms with E-state index >= 15 is 0 Å². The monoisotopic (exact) mass is 585 g/mol. The number of ketones is 2. The van der Waals surface area contributed by atoms with Crippen LogP contribution in [0, 0.1) is 17.8 Å². The maximum Gasteiger partial charge on any atom is 0.305 e. The van der Waals surface area contributed by atoms with Crippen LogP contribution in [0.3, 0.4) is 0 Å². The highest BCUT2D eigenvalue weighted by molar-refractivity contribution is 9.12. The summed E-state index contributed by atoms with van der Waals surface area (Å²) in [5, 5.41) is 20.2. The number of phenolic OH excluding ortho intramolecular Hbond substituents is 1. The maximum absolute atomic E-state index is 13.5. The van der Waals surface area contributed by atoms with Crippen molar-refractivity contribution in [3.8, 4) is 17.2 Å². The number of phenols is 1. The molecule has 5 rings (SSSR count). The number of carbonyl (C=O) groups excluding carboxylic acids is 4. The molecule has 3 aliphatic carbocycles. The number of carboxylic acid groups (broad SMARTS) is 1. The summed E-state index contributed by atoms with van der Waals surface area (Å²) in [4.78, 5) is 65.4. The lowest BCUT2D eigenvalue weighted by Gasteiger charge is -2.42. The van der Waals surface area contributed by atoms with Crippen molar-refractivity contribution < 1.29 is 43.7 Å². The van der Waals surface area contributed by atoms with Crippen molar-refractivity contribution in [3.63, 3.8) is 0 Å². The van der Waals surface area contributed by atoms with Crippen LogP contribution < -0.4 is 9.47 Å². The topological polar surface area (TPSA) is 148 Å². The molecule has 1 aliphatic heterocycles. The predicted octanol–water partition coefficient (Wildman–Crippen LogP) is 2.65. The van der Waals surface area contributed by atoms with Crippen LogP contribution in [-0.2, 0) is 24.0 Å². The molecule has 1 heterocycles. The van der Waals surface area contributed by atoms with Crippen molar-refractivity contribution in [1.29, 1.82) is 0 Å². The van der Waals surface area contributed by atoms with Crippen LogP contribution in [0.25, 0.3) is 0 Å². The van der Waals surface area contributed by atoms with Crippen molar-refractivity contribution in [2.45, 2.75) is 25.2 Å². The molecule has 2 amide bonds. The van der Waals surface area contributed by atoms with Crippen LogP contribution in [0.4, 0.5) is 0 Å². The van der Waals surface area contributed by atoms with E-state index in [1.807, 2.05) is 0 Å². The van der Waals surface area contributed by atoms with E-state index in [1.165, 1.54) is 26.4 Å². The number of benzene rings is 1. The zero-order chi connectivity index (χ0) is 27.5. The van der Waals surface area contributed by atoms with Gasteiger partial charge in [0.1, 0.15) is 17.2 Å². The Morgan fingerprint density at radius 3 is 2.50 bits per heavy atom. The number of amides is 2. The van der Waals surface area contributed by atoms with E-state index in [4.69, 9.17) is 14.6 Å². The minimum Gasteiger partial charge on any atom is -0.507 e. The second-order valence-corrected chi connectivity index (χ2v) is 10.5. The molecular weight excluding hydrogens is 562 g/mol. The van der Waals surface area contributed by atoms with Crippen molar-refractivity contribution in [2.75, 3.05) is 20.8 Å². The fraction of sp³-hybridized carbons (Fsp3) is 0.370. The number of nitrogens with zero attached hydrogens (tertiary/aromatic N) is 1. The third kappa shape index (κ3) is 3.87. The molecule has 4 atom stereocenters. The molecule has 0 bridgehead atoms. The normalized spacial score (nSPS) is 26.4. The Morgan fingerprint density at radius 1 is 1.11 bits per heavy atom. The van der Waals surface area contributed by atoms with Crippen LogP contribution in [0.1, 0.15) is 30.7 Å². The van der Waals surface area contributed by atoms with Gasteiger partial charge in [-0.25, -0.2) is 0 Å². The molecule has 11 heteroatoms. The highest BCUT2D eigenvalue weighted by Gasteiger charge is 2.56. The van der Waals surface area contributed by atoms with Gasteiger partial charge in [0.25, 0.3) is 0 Å². The summed E-state index contributed by atoms with van der Waals surface area (Å²) in [5.41, 5.74) is 1.29. The Kier molecular flexibility index (Phi) is 6.50. The molecule has 38 heavy (non-hydrogen) atoms. The van der Waals surface area contributed by atoms with Crippen LogP contribution in [0.2, 0.25) is 0 Å². The molecule has 4 aliphatic rings. The van der Waals surface area contributed by atoms with Crippen molar-refractivity contribution >= 4 is 45.3 Å². The molecule has 0 saturated carbocycles. The number of aromatic hydroxyl groups is 1. The Morgan fingerprint density at radius 2 is 1.84 bits per heavy atom. The third-order valence-electron chi connectivity index (χ3n) is 7.81. The van der Waals surface area contributed by atoms with Crippen LogP contribution in [0.5, 0.6) is 17.2 Å². The maximum atomic E-state index is 13.5. The van der Waals surface area contributed by atoms with E-state index in [2.05, 4.69) is 15.9 Å². The van der Waals surface area contributed by atoms with Gasteiger partial charge in [-0.15, -0.1) is 0 Å². The number of hydrogen-bond acceptors (Lipinski definition) is 8. The largest absolute Gasteiger partial charge is 0.507 e. The molecule has 0 radical (unpaired) electrons. The summed E-state index contributed by atoms with van der Waals surface area (Å²) in [6, 6.07) is 2.94. The van der Waals surface area contributed by atoms with Crippen molar-refractivity contribution in [2.24, 2.45) is 17.8 Å². The van der Waals surface area contributed by atoms with Gasteiger partial charge in [-0.1, -0.05) is 11.6 Å². The first-order valence-electron chi connectivity index (χ1n) is 12.0. The molecule has 10 nitrogen and oxygen atoms in total. The molecule has 2 N–H and O–H groups in total. The van der Waals surface area contributed by atoms with Crippen LogP contribution in [-0.4, -0.2) is 65.2 Å². The van der Waals surface area contributed by atoms with Gasteiger partial charge in [0.05, 0.1) is 37.0 Å². The fourth-order valence-corrected chi connectivity index (χ4v) is 6.64. The summed E-state index contributed by atoms with van der Waals surface area (Å²) in [7, 11) is 2.84. The Hall–Kier alpha value is -3.73. The predicted molar refractivity (Wildman–Crippen MR) is 135 cm³/mol. The number of rotatable bonds is 6. The average molecular weight is 586 g/mol. The second-order valence-electron chi connectivity index (χ2n) is 9.63. The second kappa shape index (κ2) is 9.54. The Bertz CT molecular complexity index is 1410. The molecule has 0 spiro atoms. The van der Waals surface area contributed by atoms with Crippen molar-refractivity contribution in [1.82, 2.24) is 4.90 Å². The van der Waals surface area contributed by atoms with E-state index in [9.17, 15) is 29.1 Å². The highest BCUT2D eigenvalue weighted by Crippen LogP contribution is 2.58. The number of hydrogen-bond donors (Lipinski definition) is 2. The number of ether oxygens (including phenoxy) is 2. The molecule has 1 saturated heterocycles. The number of aliphatic carboxylic acids is 1.